The average Bonchev–Trinajstić information content (AvgIpc) is 2.63. The molecule has 1 N–H and O–H groups in total. The summed E-state index contributed by atoms with van der Waals surface area (Å²) in [5, 5.41) is 7.13. The van der Waals surface area contributed by atoms with Crippen LogP contribution in [0.4, 0.5) is 8.78 Å². The van der Waals surface area contributed by atoms with E-state index in [2.05, 4.69) is 10.4 Å². The Hall–Kier alpha value is -1.75. The molecule has 0 aliphatic rings. The molecule has 1 atom stereocenters. The van der Waals surface area contributed by atoms with E-state index in [0.29, 0.717) is 0 Å². The van der Waals surface area contributed by atoms with Crippen LogP contribution in [-0.2, 0) is 7.05 Å². The van der Waals surface area contributed by atoms with Crippen LogP contribution in [-0.4, -0.2) is 16.8 Å². The van der Waals surface area contributed by atoms with Crippen molar-refractivity contribution in [3.63, 3.8) is 0 Å². The topological polar surface area (TPSA) is 29.9 Å². The molecule has 1 aromatic heterocycles. The van der Waals surface area contributed by atoms with Gasteiger partial charge in [0, 0.05) is 12.6 Å². The minimum atomic E-state index is -0.562. The van der Waals surface area contributed by atoms with E-state index in [9.17, 15) is 8.78 Å². The van der Waals surface area contributed by atoms with E-state index in [0.717, 1.165) is 11.4 Å². The highest BCUT2D eigenvalue weighted by Crippen LogP contribution is 2.26. The molecule has 1 heterocycles. The molecule has 0 radical (unpaired) electrons. The Balaban J connectivity index is 2.55. The number of hydrogen-bond acceptors (Lipinski definition) is 2. The molecule has 2 rings (SSSR count). The molecule has 0 aliphatic carbocycles. The predicted octanol–water partition coefficient (Wildman–Crippen LogP) is 2.32. The summed E-state index contributed by atoms with van der Waals surface area (Å²) in [6.07, 6.45) is 0. The lowest BCUT2D eigenvalue weighted by molar-refractivity contribution is 0.506. The Kier molecular flexibility index (Phi) is 3.43. The monoisotopic (exact) mass is 251 g/mol. The lowest BCUT2D eigenvalue weighted by Crippen LogP contribution is -2.23. The van der Waals surface area contributed by atoms with Crippen LogP contribution in [0.25, 0.3) is 0 Å². The molecule has 0 saturated carbocycles. The maximum Gasteiger partial charge on any atom is 0.131 e. The van der Waals surface area contributed by atoms with Crippen molar-refractivity contribution in [1.82, 2.24) is 15.1 Å². The van der Waals surface area contributed by atoms with Gasteiger partial charge in [0.1, 0.15) is 11.6 Å². The predicted molar refractivity (Wildman–Crippen MR) is 65.2 cm³/mol. The summed E-state index contributed by atoms with van der Waals surface area (Å²) in [4.78, 5) is 0. The smallest absolute Gasteiger partial charge is 0.131 e. The standard InChI is InChI=1S/C13H15F2N3/c1-8-7-11(18(3)17-8)13(16-2)12-9(14)5-4-6-10(12)15/h4-7,13,16H,1-3H3. The first-order valence-corrected chi connectivity index (χ1v) is 5.66. The highest BCUT2D eigenvalue weighted by molar-refractivity contribution is 5.31. The van der Waals surface area contributed by atoms with Crippen LogP contribution >= 0.6 is 0 Å². The van der Waals surface area contributed by atoms with Gasteiger partial charge < -0.3 is 5.32 Å². The van der Waals surface area contributed by atoms with E-state index in [4.69, 9.17) is 0 Å². The summed E-state index contributed by atoms with van der Waals surface area (Å²) in [5.41, 5.74) is 1.55. The summed E-state index contributed by atoms with van der Waals surface area (Å²) in [7, 11) is 3.42. The number of aryl methyl sites for hydroxylation is 2. The van der Waals surface area contributed by atoms with Gasteiger partial charge >= 0.3 is 0 Å². The highest BCUT2D eigenvalue weighted by atomic mass is 19.1. The number of benzene rings is 1. The van der Waals surface area contributed by atoms with Crippen molar-refractivity contribution in [3.8, 4) is 0 Å². The van der Waals surface area contributed by atoms with Gasteiger partial charge in [0.2, 0.25) is 0 Å². The molecule has 18 heavy (non-hydrogen) atoms. The number of rotatable bonds is 3. The molecular weight excluding hydrogens is 236 g/mol. The number of halogens is 2. The van der Waals surface area contributed by atoms with Crippen molar-refractivity contribution in [2.75, 3.05) is 7.05 Å². The number of aromatic nitrogens is 2. The second-order valence-electron chi connectivity index (χ2n) is 4.19. The largest absolute Gasteiger partial charge is 0.308 e. The second-order valence-corrected chi connectivity index (χ2v) is 4.19. The summed E-state index contributed by atoms with van der Waals surface area (Å²) in [6, 6.07) is 5.12. The van der Waals surface area contributed by atoms with E-state index in [1.807, 2.05) is 13.0 Å². The lowest BCUT2D eigenvalue weighted by Gasteiger charge is -2.18. The molecular formula is C13H15F2N3. The molecule has 5 heteroatoms. The van der Waals surface area contributed by atoms with Gasteiger partial charge in [0.05, 0.1) is 17.4 Å². The van der Waals surface area contributed by atoms with Crippen molar-refractivity contribution in [2.45, 2.75) is 13.0 Å². The zero-order valence-electron chi connectivity index (χ0n) is 10.5. The molecule has 0 bridgehead atoms. The van der Waals surface area contributed by atoms with Crippen molar-refractivity contribution in [1.29, 1.82) is 0 Å². The van der Waals surface area contributed by atoms with Crippen LogP contribution in [0.15, 0.2) is 24.3 Å². The van der Waals surface area contributed by atoms with Crippen LogP contribution in [0.3, 0.4) is 0 Å². The molecule has 0 amide bonds. The summed E-state index contributed by atoms with van der Waals surface area (Å²) >= 11 is 0. The summed E-state index contributed by atoms with van der Waals surface area (Å²) in [5.74, 6) is -1.12. The lowest BCUT2D eigenvalue weighted by atomic mass is 10.0. The quantitative estimate of drug-likeness (QED) is 0.907. The fourth-order valence-corrected chi connectivity index (χ4v) is 2.13. The van der Waals surface area contributed by atoms with Crippen LogP contribution in [0, 0.1) is 18.6 Å². The number of nitrogens with zero attached hydrogens (tertiary/aromatic N) is 2. The zero-order valence-corrected chi connectivity index (χ0v) is 10.5. The van der Waals surface area contributed by atoms with Gasteiger partial charge in [-0.15, -0.1) is 0 Å². The normalized spacial score (nSPS) is 12.7. The van der Waals surface area contributed by atoms with E-state index in [-0.39, 0.29) is 5.56 Å². The van der Waals surface area contributed by atoms with Gasteiger partial charge in [-0.05, 0) is 32.2 Å². The Morgan fingerprint density at radius 2 is 1.89 bits per heavy atom. The SMILES string of the molecule is CNC(c1c(F)cccc1F)c1cc(C)nn1C. The van der Waals surface area contributed by atoms with Gasteiger partial charge in [-0.3, -0.25) is 4.68 Å². The molecule has 0 aliphatic heterocycles. The van der Waals surface area contributed by atoms with Crippen molar-refractivity contribution >= 4 is 0 Å². The zero-order chi connectivity index (χ0) is 13.3. The Morgan fingerprint density at radius 1 is 1.28 bits per heavy atom. The van der Waals surface area contributed by atoms with Crippen LogP contribution in [0.2, 0.25) is 0 Å². The van der Waals surface area contributed by atoms with E-state index < -0.39 is 17.7 Å². The third-order valence-corrected chi connectivity index (χ3v) is 2.91. The number of hydrogen-bond donors (Lipinski definition) is 1. The molecule has 1 unspecified atom stereocenters. The first-order chi connectivity index (χ1) is 8.54. The van der Waals surface area contributed by atoms with Gasteiger partial charge in [0.25, 0.3) is 0 Å². The molecule has 0 fully saturated rings. The van der Waals surface area contributed by atoms with Gasteiger partial charge in [-0.2, -0.15) is 5.10 Å². The second kappa shape index (κ2) is 4.86. The van der Waals surface area contributed by atoms with Crippen LogP contribution in [0.5, 0.6) is 0 Å². The van der Waals surface area contributed by atoms with Crippen molar-refractivity contribution in [2.24, 2.45) is 7.05 Å². The van der Waals surface area contributed by atoms with Gasteiger partial charge in [0.15, 0.2) is 0 Å². The average molecular weight is 251 g/mol. The minimum Gasteiger partial charge on any atom is -0.308 e. The number of nitrogens with one attached hydrogen (secondary N) is 1. The molecule has 1 aromatic carbocycles. The highest BCUT2D eigenvalue weighted by Gasteiger charge is 2.23. The van der Waals surface area contributed by atoms with Gasteiger partial charge in [-0.25, -0.2) is 8.78 Å². The first-order valence-electron chi connectivity index (χ1n) is 5.66. The fourth-order valence-electron chi connectivity index (χ4n) is 2.13. The molecule has 0 saturated heterocycles. The molecule has 2 aromatic rings. The Morgan fingerprint density at radius 3 is 2.33 bits per heavy atom. The van der Waals surface area contributed by atoms with Crippen LogP contribution in [0.1, 0.15) is 23.0 Å². The van der Waals surface area contributed by atoms with Crippen molar-refractivity contribution < 1.29 is 8.78 Å². The summed E-state index contributed by atoms with van der Waals surface area (Å²) < 4.78 is 29.2. The first kappa shape index (κ1) is 12.7. The molecule has 0 spiro atoms. The third kappa shape index (κ3) is 2.13. The van der Waals surface area contributed by atoms with E-state index in [1.54, 1.807) is 18.8 Å². The fraction of sp³-hybridized carbons (Fsp3) is 0.308. The maximum atomic E-state index is 13.8. The van der Waals surface area contributed by atoms with Crippen LogP contribution < -0.4 is 5.32 Å². The third-order valence-electron chi connectivity index (χ3n) is 2.91. The Bertz CT molecular complexity index is 543. The molecule has 3 nitrogen and oxygen atoms in total. The minimum absolute atomic E-state index is 0.0167. The van der Waals surface area contributed by atoms with Crippen molar-refractivity contribution in [3.05, 3.63) is 52.9 Å². The summed E-state index contributed by atoms with van der Waals surface area (Å²) in [6.45, 7) is 1.84. The maximum absolute atomic E-state index is 13.8. The van der Waals surface area contributed by atoms with E-state index in [1.165, 1.54) is 18.2 Å². The van der Waals surface area contributed by atoms with Gasteiger partial charge in [-0.1, -0.05) is 6.07 Å². The van der Waals surface area contributed by atoms with E-state index >= 15 is 0 Å². The Labute approximate surface area is 104 Å². The molecule has 96 valence electrons.